The number of halogens is 1. The Bertz CT molecular complexity index is 829. The second kappa shape index (κ2) is 11.0. The third-order valence-corrected chi connectivity index (χ3v) is 5.14. The van der Waals surface area contributed by atoms with Gasteiger partial charge in [-0.15, -0.1) is 0 Å². The first-order valence-corrected chi connectivity index (χ1v) is 10.5. The van der Waals surface area contributed by atoms with Crippen LogP contribution in [-0.4, -0.2) is 73.8 Å². The molecule has 0 bridgehead atoms. The first-order chi connectivity index (χ1) is 14.6. The predicted octanol–water partition coefficient (Wildman–Crippen LogP) is 2.48. The van der Waals surface area contributed by atoms with E-state index in [2.05, 4.69) is 25.1 Å². The fourth-order valence-corrected chi connectivity index (χ4v) is 3.52. The van der Waals surface area contributed by atoms with Gasteiger partial charge in [0.15, 0.2) is 11.5 Å². The third-order valence-electron chi connectivity index (χ3n) is 4.86. The number of hydrogen-bond acceptors (Lipinski definition) is 7. The number of anilines is 1. The summed E-state index contributed by atoms with van der Waals surface area (Å²) in [5, 5.41) is 3.32. The van der Waals surface area contributed by atoms with Gasteiger partial charge in [-0.05, 0) is 24.6 Å². The molecule has 0 aliphatic carbocycles. The zero-order valence-electron chi connectivity index (χ0n) is 17.4. The average Bonchev–Trinajstić information content (AvgIpc) is 2.78. The molecule has 1 aliphatic heterocycles. The number of nitrogens with one attached hydrogen (secondary N) is 1. The highest BCUT2D eigenvalue weighted by molar-refractivity contribution is 6.32. The largest absolute Gasteiger partial charge is 0.493 e. The molecule has 1 aromatic heterocycles. The zero-order valence-corrected chi connectivity index (χ0v) is 18.2. The summed E-state index contributed by atoms with van der Waals surface area (Å²) in [6.07, 6.45) is 4.37. The molecule has 1 aromatic carbocycles. The van der Waals surface area contributed by atoms with E-state index >= 15 is 0 Å². The Morgan fingerprint density at radius 3 is 2.60 bits per heavy atom. The topological polar surface area (TPSA) is 79.8 Å². The highest BCUT2D eigenvalue weighted by atomic mass is 35.5. The van der Waals surface area contributed by atoms with Gasteiger partial charge in [-0.3, -0.25) is 9.69 Å². The molecule has 0 atom stereocenters. The fourth-order valence-electron chi connectivity index (χ4n) is 3.25. The summed E-state index contributed by atoms with van der Waals surface area (Å²) >= 11 is 6.31. The van der Waals surface area contributed by atoms with E-state index in [4.69, 9.17) is 21.1 Å². The number of hydrogen-bond donors (Lipinski definition) is 1. The van der Waals surface area contributed by atoms with Crippen LogP contribution >= 0.6 is 11.6 Å². The van der Waals surface area contributed by atoms with Crippen LogP contribution in [0.25, 0.3) is 0 Å². The number of benzene rings is 1. The van der Waals surface area contributed by atoms with E-state index in [1.807, 2.05) is 13.0 Å². The molecule has 9 heteroatoms. The van der Waals surface area contributed by atoms with Crippen molar-refractivity contribution in [3.8, 4) is 11.5 Å². The van der Waals surface area contributed by atoms with Crippen molar-refractivity contribution in [3.05, 3.63) is 41.2 Å². The maximum atomic E-state index is 12.6. The standard InChI is InChI=1S/C21H28ClN5O3/c1-3-13-30-19-17(22)14-16(15-18(19)29-2)20(28)23-7-8-26-9-11-27(12-10-26)21-24-5-4-6-25-21/h4-6,14-15H,3,7-13H2,1-2H3,(H,23,28). The van der Waals surface area contributed by atoms with E-state index < -0.39 is 0 Å². The monoisotopic (exact) mass is 433 g/mol. The first kappa shape index (κ1) is 22.1. The van der Waals surface area contributed by atoms with Crippen LogP contribution in [0.1, 0.15) is 23.7 Å². The van der Waals surface area contributed by atoms with Crippen molar-refractivity contribution < 1.29 is 14.3 Å². The molecule has 8 nitrogen and oxygen atoms in total. The van der Waals surface area contributed by atoms with Gasteiger partial charge in [-0.2, -0.15) is 0 Å². The molecule has 1 N–H and O–H groups in total. The number of piperazine rings is 1. The van der Waals surface area contributed by atoms with Crippen molar-refractivity contribution in [2.75, 3.05) is 57.9 Å². The maximum Gasteiger partial charge on any atom is 0.251 e. The Balaban J connectivity index is 1.47. The molecular weight excluding hydrogens is 406 g/mol. The summed E-state index contributed by atoms with van der Waals surface area (Å²) in [5.41, 5.74) is 0.451. The van der Waals surface area contributed by atoms with Gasteiger partial charge in [-0.25, -0.2) is 9.97 Å². The van der Waals surface area contributed by atoms with Crippen molar-refractivity contribution in [2.24, 2.45) is 0 Å². The lowest BCUT2D eigenvalue weighted by molar-refractivity contribution is 0.0947. The summed E-state index contributed by atoms with van der Waals surface area (Å²) in [6, 6.07) is 5.09. The zero-order chi connectivity index (χ0) is 21.3. The lowest BCUT2D eigenvalue weighted by Gasteiger charge is -2.34. The van der Waals surface area contributed by atoms with Gasteiger partial charge in [0.05, 0.1) is 18.7 Å². The van der Waals surface area contributed by atoms with Crippen LogP contribution in [0.2, 0.25) is 5.02 Å². The molecule has 0 radical (unpaired) electrons. The molecule has 0 saturated carbocycles. The van der Waals surface area contributed by atoms with Gasteiger partial charge in [-0.1, -0.05) is 18.5 Å². The number of aromatic nitrogens is 2. The minimum atomic E-state index is -0.187. The van der Waals surface area contributed by atoms with Crippen LogP contribution < -0.4 is 19.7 Å². The number of ether oxygens (including phenoxy) is 2. The smallest absolute Gasteiger partial charge is 0.251 e. The minimum Gasteiger partial charge on any atom is -0.493 e. The number of carbonyl (C=O) groups excluding carboxylic acids is 1. The minimum absolute atomic E-state index is 0.187. The van der Waals surface area contributed by atoms with E-state index in [9.17, 15) is 4.79 Å². The predicted molar refractivity (Wildman–Crippen MR) is 117 cm³/mol. The van der Waals surface area contributed by atoms with E-state index in [0.29, 0.717) is 35.2 Å². The van der Waals surface area contributed by atoms with E-state index in [1.165, 1.54) is 7.11 Å². The van der Waals surface area contributed by atoms with Gasteiger partial charge in [0.1, 0.15) is 0 Å². The molecule has 3 rings (SSSR count). The fraction of sp³-hybridized carbons (Fsp3) is 0.476. The van der Waals surface area contributed by atoms with Crippen molar-refractivity contribution in [1.82, 2.24) is 20.2 Å². The number of nitrogens with zero attached hydrogens (tertiary/aromatic N) is 4. The molecule has 1 aliphatic rings. The van der Waals surface area contributed by atoms with Crippen molar-refractivity contribution in [2.45, 2.75) is 13.3 Å². The molecule has 1 amide bonds. The maximum absolute atomic E-state index is 12.6. The van der Waals surface area contributed by atoms with Crippen LogP contribution in [0.15, 0.2) is 30.6 Å². The van der Waals surface area contributed by atoms with Gasteiger partial charge < -0.3 is 19.7 Å². The van der Waals surface area contributed by atoms with Crippen molar-refractivity contribution >= 4 is 23.5 Å². The molecule has 2 heterocycles. The SMILES string of the molecule is CCCOc1c(Cl)cc(C(=O)NCCN2CCN(c3ncccn3)CC2)cc1OC. The van der Waals surface area contributed by atoms with Gasteiger partial charge in [0.25, 0.3) is 5.91 Å². The summed E-state index contributed by atoms with van der Waals surface area (Å²) in [6.45, 7) is 7.40. The molecular formula is C21H28ClN5O3. The number of rotatable bonds is 9. The lowest BCUT2D eigenvalue weighted by Crippen LogP contribution is -2.49. The van der Waals surface area contributed by atoms with Gasteiger partial charge >= 0.3 is 0 Å². The van der Waals surface area contributed by atoms with E-state index in [1.54, 1.807) is 24.5 Å². The van der Waals surface area contributed by atoms with Crippen molar-refractivity contribution in [1.29, 1.82) is 0 Å². The Labute approximate surface area is 182 Å². The summed E-state index contributed by atoms with van der Waals surface area (Å²) in [7, 11) is 1.53. The van der Waals surface area contributed by atoms with Gasteiger partial charge in [0, 0.05) is 57.2 Å². The summed E-state index contributed by atoms with van der Waals surface area (Å²) in [5.74, 6) is 1.51. The molecule has 0 spiro atoms. The average molecular weight is 434 g/mol. The van der Waals surface area contributed by atoms with Gasteiger partial charge in [0.2, 0.25) is 5.95 Å². The first-order valence-electron chi connectivity index (χ1n) is 10.1. The molecule has 1 fully saturated rings. The number of carbonyl (C=O) groups is 1. The van der Waals surface area contributed by atoms with Crippen LogP contribution in [0.4, 0.5) is 5.95 Å². The molecule has 162 valence electrons. The molecule has 2 aromatic rings. The highest BCUT2D eigenvalue weighted by Gasteiger charge is 2.19. The van der Waals surface area contributed by atoms with Crippen LogP contribution in [0.3, 0.4) is 0 Å². The second-order valence-corrected chi connectivity index (χ2v) is 7.38. The Morgan fingerprint density at radius 2 is 1.93 bits per heavy atom. The highest BCUT2D eigenvalue weighted by Crippen LogP contribution is 2.36. The van der Waals surface area contributed by atoms with Crippen LogP contribution in [0.5, 0.6) is 11.5 Å². The quantitative estimate of drug-likeness (QED) is 0.650. The lowest BCUT2D eigenvalue weighted by atomic mass is 10.2. The van der Waals surface area contributed by atoms with Crippen LogP contribution in [-0.2, 0) is 0 Å². The summed E-state index contributed by atoms with van der Waals surface area (Å²) < 4.78 is 11.0. The number of methoxy groups -OCH3 is 1. The molecule has 30 heavy (non-hydrogen) atoms. The second-order valence-electron chi connectivity index (χ2n) is 6.97. The third kappa shape index (κ3) is 5.73. The molecule has 0 unspecified atom stereocenters. The number of amides is 1. The Hall–Kier alpha value is -2.58. The van der Waals surface area contributed by atoms with Crippen molar-refractivity contribution in [3.63, 3.8) is 0 Å². The van der Waals surface area contributed by atoms with E-state index in [0.717, 1.165) is 45.1 Å². The summed E-state index contributed by atoms with van der Waals surface area (Å²) in [4.78, 5) is 25.6. The van der Waals surface area contributed by atoms with Crippen LogP contribution in [0, 0.1) is 0 Å². The molecule has 1 saturated heterocycles. The Kier molecular flexibility index (Phi) is 8.10. The Morgan fingerprint density at radius 1 is 1.20 bits per heavy atom. The van der Waals surface area contributed by atoms with E-state index in [-0.39, 0.29) is 5.91 Å². The normalized spacial score (nSPS) is 14.4.